The van der Waals surface area contributed by atoms with Gasteiger partial charge in [0.05, 0.1) is 0 Å². The van der Waals surface area contributed by atoms with Gasteiger partial charge in [-0.2, -0.15) is 0 Å². The molecule has 4 N–H and O–H groups in total. The van der Waals surface area contributed by atoms with E-state index in [1.807, 2.05) is 0 Å². The quantitative estimate of drug-likeness (QED) is 0.223. The first-order valence-corrected chi connectivity index (χ1v) is 4.88. The van der Waals surface area contributed by atoms with Gasteiger partial charge in [0.15, 0.2) is 0 Å². The second-order valence-electron chi connectivity index (χ2n) is 2.92. The third-order valence-electron chi connectivity index (χ3n) is 1.48. The van der Waals surface area contributed by atoms with Crippen LogP contribution in [0.25, 0.3) is 0 Å². The molecule has 0 aromatic carbocycles. The monoisotopic (exact) mass is 210 g/mol. The van der Waals surface area contributed by atoms with E-state index in [2.05, 4.69) is 15.2 Å². The number of aliphatic imine (C=N–C) groups is 1. The Labute approximate surface area is 90.4 Å². The summed E-state index contributed by atoms with van der Waals surface area (Å²) in [6.45, 7) is 2.82. The van der Waals surface area contributed by atoms with Crippen molar-refractivity contribution < 1.29 is 9.73 Å². The Kier molecular flexibility index (Phi) is 8.90. The summed E-state index contributed by atoms with van der Waals surface area (Å²) in [6.07, 6.45) is 2.88. The van der Waals surface area contributed by atoms with Gasteiger partial charge in [-0.3, -0.25) is 0 Å². The van der Waals surface area contributed by atoms with Crippen LogP contribution in [0.4, 0.5) is 0 Å². The van der Waals surface area contributed by atoms with Crippen LogP contribution in [-0.4, -0.2) is 44.4 Å². The predicted molar refractivity (Wildman–Crippen MR) is 62.5 cm³/mol. The number of hydrogen-bond donors (Lipinski definition) is 3. The molecule has 0 bridgehead atoms. The molecule has 82 valence electrons. The number of nitrogens with zero attached hydrogens (tertiary/aromatic N) is 2. The van der Waals surface area contributed by atoms with Crippen molar-refractivity contribution in [1.29, 1.82) is 0 Å². The first-order chi connectivity index (χ1) is 7.20. The molecule has 0 aromatic rings. The van der Waals surface area contributed by atoms with Gasteiger partial charge in [0.25, 0.3) is 0 Å². The third kappa shape index (κ3) is 9.30. The van der Waals surface area contributed by atoms with Crippen LogP contribution >= 0.6 is 0 Å². The van der Waals surface area contributed by atoms with E-state index < -0.39 is 7.05 Å². The van der Waals surface area contributed by atoms with Crippen LogP contribution < -0.4 is 11.1 Å². The minimum absolute atomic E-state index is 0.258. The van der Waals surface area contributed by atoms with Crippen molar-refractivity contribution in [1.82, 2.24) is 5.32 Å². The molecule has 0 heterocycles. The molecule has 0 radical (unpaired) electrons. The fourth-order valence-corrected chi connectivity index (χ4v) is 0.872. The summed E-state index contributed by atoms with van der Waals surface area (Å²) in [5.74, 6) is 0.258. The van der Waals surface area contributed by atoms with Gasteiger partial charge in [-0.05, 0) is 0 Å². The average molecular weight is 210 g/mol. The van der Waals surface area contributed by atoms with E-state index in [1.54, 1.807) is 0 Å². The van der Waals surface area contributed by atoms with Gasteiger partial charge in [-0.15, -0.1) is 0 Å². The average Bonchev–Trinajstić information content (AvgIpc) is 2.19. The maximum atomic E-state index is 10.1. The van der Waals surface area contributed by atoms with Gasteiger partial charge in [0.2, 0.25) is 0 Å². The van der Waals surface area contributed by atoms with Crippen LogP contribution in [0, 0.1) is 0 Å². The van der Waals surface area contributed by atoms with Gasteiger partial charge in [-0.25, -0.2) is 0 Å². The van der Waals surface area contributed by atoms with Crippen molar-refractivity contribution in [2.75, 3.05) is 13.1 Å². The van der Waals surface area contributed by atoms with Gasteiger partial charge in [0, 0.05) is 0 Å². The van der Waals surface area contributed by atoms with E-state index >= 15 is 0 Å². The number of rotatable bonds is 6. The second kappa shape index (κ2) is 9.54. The number of hydrogen-bond acceptors (Lipinski definition) is 4. The number of nitrogens with one attached hydrogen (secondary N) is 1. The molecule has 6 nitrogen and oxygen atoms in total. The zero-order chi connectivity index (χ0) is 11.5. The Bertz CT molecular complexity index is 233. The summed E-state index contributed by atoms with van der Waals surface area (Å²) in [5, 5.41) is 11.9. The fourth-order valence-electron chi connectivity index (χ4n) is 0.872. The van der Waals surface area contributed by atoms with E-state index in [9.17, 15) is 4.70 Å². The van der Waals surface area contributed by atoms with E-state index in [1.165, 1.54) is 6.82 Å². The molecule has 0 fully saturated rings. The summed E-state index contributed by atoms with van der Waals surface area (Å²) in [4.78, 5) is 7.52. The van der Waals surface area contributed by atoms with Crippen molar-refractivity contribution >= 4 is 26.3 Å². The predicted octanol–water partition coefficient (Wildman–Crippen LogP) is -1.14. The molecule has 0 amide bonds. The van der Waals surface area contributed by atoms with Gasteiger partial charge in [0.1, 0.15) is 0 Å². The number of nitrogens with two attached hydrogens (primary N) is 1. The van der Waals surface area contributed by atoms with Crippen molar-refractivity contribution in [3.05, 3.63) is 0 Å². The van der Waals surface area contributed by atoms with E-state index in [0.717, 1.165) is 19.0 Å². The molecular weight excluding hydrogens is 194 g/mol. The first kappa shape index (κ1) is 14.0. The molecule has 0 aliphatic heterocycles. The zero-order valence-electron chi connectivity index (χ0n) is 8.89. The van der Waals surface area contributed by atoms with Crippen LogP contribution in [0.5, 0.6) is 0 Å². The molecule has 15 heavy (non-hydrogen) atoms. The molecule has 0 aliphatic rings. The Morgan fingerprint density at radius 2 is 2.40 bits per heavy atom. The maximum absolute atomic E-state index is 10.1. The molecule has 0 rings (SSSR count). The zero-order valence-corrected chi connectivity index (χ0v) is 8.89. The summed E-state index contributed by atoms with van der Waals surface area (Å²) in [6, 6.07) is 0. The molecule has 0 saturated heterocycles. The molecule has 0 unspecified atom stereocenters. The Balaban J connectivity index is 4.02. The van der Waals surface area contributed by atoms with Crippen LogP contribution in [0.3, 0.4) is 0 Å². The molecule has 8 heteroatoms. The molecule has 0 atom stereocenters. The summed E-state index contributed by atoms with van der Waals surface area (Å²) < 4.78 is 10.1. The van der Waals surface area contributed by atoms with E-state index in [0.29, 0.717) is 20.2 Å². The standard InChI is InChI=1S/C7H16B2N4O2/c1-9(15)13-7(12-6-8-14)11-5-3-2-4-10/h6,15H,2-5,10H2,1H3,(H,11,13). The van der Waals surface area contributed by atoms with Crippen LogP contribution in [0.1, 0.15) is 12.8 Å². The second-order valence-corrected chi connectivity index (χ2v) is 2.92. The van der Waals surface area contributed by atoms with Gasteiger partial charge < -0.3 is 0 Å². The van der Waals surface area contributed by atoms with Crippen molar-refractivity contribution in [3.63, 3.8) is 0 Å². The SMILES string of the molecule is CB(O)N=C(N=CB=O)NCCCCN. The van der Waals surface area contributed by atoms with Crippen LogP contribution in [-0.2, 0) is 4.70 Å². The summed E-state index contributed by atoms with van der Waals surface area (Å²) >= 11 is 0. The molecular formula is C7H16B2N4O2. The molecule has 0 aromatic heterocycles. The topological polar surface area (TPSA) is 100 Å². The van der Waals surface area contributed by atoms with Crippen molar-refractivity contribution in [3.8, 4) is 0 Å². The van der Waals surface area contributed by atoms with Crippen LogP contribution in [0.15, 0.2) is 9.90 Å². The van der Waals surface area contributed by atoms with Crippen LogP contribution in [0.2, 0.25) is 6.82 Å². The Hall–Kier alpha value is -1.01. The Morgan fingerprint density at radius 3 is 2.93 bits per heavy atom. The summed E-state index contributed by atoms with van der Waals surface area (Å²) in [5.41, 5.74) is 5.33. The molecule has 0 spiro atoms. The normalized spacial score (nSPS) is 11.5. The van der Waals surface area contributed by atoms with Crippen molar-refractivity contribution in [2.45, 2.75) is 19.7 Å². The number of guanidine groups is 1. The molecule has 0 aliphatic carbocycles. The summed E-state index contributed by atoms with van der Waals surface area (Å²) in [7, 11) is -0.287. The minimum atomic E-state index is -0.842. The van der Waals surface area contributed by atoms with Gasteiger partial charge in [-0.1, -0.05) is 0 Å². The van der Waals surface area contributed by atoms with Crippen molar-refractivity contribution in [2.24, 2.45) is 15.6 Å². The fraction of sp³-hybridized carbons (Fsp3) is 0.714. The third-order valence-corrected chi connectivity index (χ3v) is 1.48. The van der Waals surface area contributed by atoms with E-state index in [-0.39, 0.29) is 5.96 Å². The Morgan fingerprint density at radius 1 is 1.67 bits per heavy atom. The molecule has 0 saturated carbocycles. The first-order valence-electron chi connectivity index (χ1n) is 4.88. The van der Waals surface area contributed by atoms with Gasteiger partial charge >= 0.3 is 89.7 Å². The van der Waals surface area contributed by atoms with E-state index in [4.69, 9.17) is 10.8 Å². The number of unbranched alkanes of at least 4 members (excludes halogenated alkanes) is 1.